The quantitative estimate of drug-likeness (QED) is 0.612. The first-order chi connectivity index (χ1) is 9.22. The Morgan fingerprint density at radius 2 is 2.16 bits per heavy atom. The van der Waals surface area contributed by atoms with Crippen LogP contribution in [0.3, 0.4) is 0 Å². The summed E-state index contributed by atoms with van der Waals surface area (Å²) in [5, 5.41) is 4.51. The summed E-state index contributed by atoms with van der Waals surface area (Å²) >= 11 is 0. The molecule has 0 spiro atoms. The minimum Gasteiger partial charge on any atom is -0.272 e. The predicted octanol–water partition coefficient (Wildman–Crippen LogP) is 2.33. The van der Waals surface area contributed by atoms with Gasteiger partial charge in [-0.2, -0.15) is 5.10 Å². The normalized spacial score (nSPS) is 18.7. The summed E-state index contributed by atoms with van der Waals surface area (Å²) < 4.78 is 2.00. The summed E-state index contributed by atoms with van der Waals surface area (Å²) in [5.74, 6) is 6.60. The van der Waals surface area contributed by atoms with Gasteiger partial charge in [-0.15, -0.1) is 0 Å². The Hall–Kier alpha value is -0.870. The van der Waals surface area contributed by atoms with Crippen LogP contribution in [0.15, 0.2) is 6.07 Å². The van der Waals surface area contributed by atoms with Gasteiger partial charge in [0, 0.05) is 25.2 Å². The van der Waals surface area contributed by atoms with Crippen molar-refractivity contribution in [3.8, 4) is 0 Å². The summed E-state index contributed by atoms with van der Waals surface area (Å²) in [6, 6.07) is 2.59. The summed E-state index contributed by atoms with van der Waals surface area (Å²) in [4.78, 5) is 0. The summed E-state index contributed by atoms with van der Waals surface area (Å²) in [6.45, 7) is 2.15. The van der Waals surface area contributed by atoms with Gasteiger partial charge in [-0.3, -0.25) is 16.0 Å². The number of aromatic nitrogens is 2. The van der Waals surface area contributed by atoms with Crippen LogP contribution in [0, 0.1) is 5.92 Å². The number of nitrogens with zero attached hydrogens (tertiary/aromatic N) is 2. The Morgan fingerprint density at radius 3 is 2.74 bits per heavy atom. The second-order valence-electron chi connectivity index (χ2n) is 5.91. The molecule has 19 heavy (non-hydrogen) atoms. The molecule has 1 aromatic heterocycles. The second-order valence-corrected chi connectivity index (χ2v) is 5.91. The van der Waals surface area contributed by atoms with E-state index in [9.17, 15) is 0 Å². The standard InChI is InChI=1S/C15H28N4/c1-3-13-10-15(19(2)18-13)11-14(17-16)9-12-7-5-4-6-8-12/h10,12,14,17H,3-9,11,16H2,1-2H3. The highest BCUT2D eigenvalue weighted by molar-refractivity contribution is 5.11. The van der Waals surface area contributed by atoms with Gasteiger partial charge in [0.2, 0.25) is 0 Å². The van der Waals surface area contributed by atoms with Gasteiger partial charge < -0.3 is 0 Å². The van der Waals surface area contributed by atoms with Crippen LogP contribution in [0.25, 0.3) is 0 Å². The van der Waals surface area contributed by atoms with Gasteiger partial charge in [0.15, 0.2) is 0 Å². The molecule has 1 aliphatic carbocycles. The maximum Gasteiger partial charge on any atom is 0.0624 e. The Labute approximate surface area is 116 Å². The molecule has 0 radical (unpaired) electrons. The fourth-order valence-corrected chi connectivity index (χ4v) is 3.22. The Morgan fingerprint density at radius 1 is 1.42 bits per heavy atom. The zero-order valence-corrected chi connectivity index (χ0v) is 12.4. The summed E-state index contributed by atoms with van der Waals surface area (Å²) in [6.07, 6.45) is 10.1. The van der Waals surface area contributed by atoms with Crippen LogP contribution in [-0.2, 0) is 19.9 Å². The molecule has 1 aliphatic rings. The monoisotopic (exact) mass is 264 g/mol. The van der Waals surface area contributed by atoms with Gasteiger partial charge in [-0.25, -0.2) is 0 Å². The molecule has 0 saturated heterocycles. The van der Waals surface area contributed by atoms with Crippen molar-refractivity contribution in [2.75, 3.05) is 0 Å². The lowest BCUT2D eigenvalue weighted by Gasteiger charge is -2.26. The van der Waals surface area contributed by atoms with Crippen molar-refractivity contribution in [2.24, 2.45) is 18.8 Å². The molecule has 1 aromatic rings. The lowest BCUT2D eigenvalue weighted by atomic mass is 9.84. The molecule has 4 heteroatoms. The Bertz CT molecular complexity index is 379. The van der Waals surface area contributed by atoms with E-state index >= 15 is 0 Å². The minimum atomic E-state index is 0.378. The van der Waals surface area contributed by atoms with Gasteiger partial charge >= 0.3 is 0 Å². The van der Waals surface area contributed by atoms with Crippen molar-refractivity contribution >= 4 is 0 Å². The van der Waals surface area contributed by atoms with Gasteiger partial charge in [-0.1, -0.05) is 39.0 Å². The molecule has 1 fully saturated rings. The SMILES string of the molecule is CCc1cc(CC(CC2CCCCC2)NN)n(C)n1. The highest BCUT2D eigenvalue weighted by Crippen LogP contribution is 2.27. The molecule has 1 unspecified atom stereocenters. The second kappa shape index (κ2) is 7.06. The highest BCUT2D eigenvalue weighted by atomic mass is 15.3. The van der Waals surface area contributed by atoms with E-state index in [-0.39, 0.29) is 0 Å². The van der Waals surface area contributed by atoms with E-state index in [0.717, 1.165) is 18.8 Å². The third kappa shape index (κ3) is 4.05. The minimum absolute atomic E-state index is 0.378. The average Bonchev–Trinajstić information content (AvgIpc) is 2.80. The smallest absolute Gasteiger partial charge is 0.0624 e. The number of hydrazine groups is 1. The number of aryl methyl sites for hydroxylation is 2. The fourth-order valence-electron chi connectivity index (χ4n) is 3.22. The molecule has 0 aliphatic heterocycles. The molecule has 3 N–H and O–H groups in total. The van der Waals surface area contributed by atoms with E-state index < -0.39 is 0 Å². The molecular weight excluding hydrogens is 236 g/mol. The van der Waals surface area contributed by atoms with Crippen LogP contribution in [0.4, 0.5) is 0 Å². The predicted molar refractivity (Wildman–Crippen MR) is 78.6 cm³/mol. The molecule has 0 aromatic carbocycles. The van der Waals surface area contributed by atoms with Crippen molar-refractivity contribution in [1.82, 2.24) is 15.2 Å². The number of nitrogens with two attached hydrogens (primary N) is 1. The van der Waals surface area contributed by atoms with Gasteiger partial charge in [0.25, 0.3) is 0 Å². The average molecular weight is 264 g/mol. The maximum atomic E-state index is 5.75. The first-order valence-electron chi connectivity index (χ1n) is 7.70. The summed E-state index contributed by atoms with van der Waals surface area (Å²) in [5.41, 5.74) is 5.47. The Balaban J connectivity index is 1.91. The van der Waals surface area contributed by atoms with Crippen molar-refractivity contribution in [1.29, 1.82) is 0 Å². The van der Waals surface area contributed by atoms with Crippen molar-refractivity contribution < 1.29 is 0 Å². The number of hydrogen-bond acceptors (Lipinski definition) is 3. The van der Waals surface area contributed by atoms with Crippen LogP contribution in [-0.4, -0.2) is 15.8 Å². The molecule has 2 rings (SSSR count). The molecule has 4 nitrogen and oxygen atoms in total. The van der Waals surface area contributed by atoms with Crippen LogP contribution < -0.4 is 11.3 Å². The van der Waals surface area contributed by atoms with E-state index in [2.05, 4.69) is 23.5 Å². The van der Waals surface area contributed by atoms with Crippen LogP contribution in [0.5, 0.6) is 0 Å². The Kier molecular flexibility index (Phi) is 5.40. The van der Waals surface area contributed by atoms with Crippen LogP contribution >= 0.6 is 0 Å². The maximum absolute atomic E-state index is 5.75. The first kappa shape index (κ1) is 14.5. The third-order valence-corrected chi connectivity index (χ3v) is 4.42. The van der Waals surface area contributed by atoms with Gasteiger partial charge in [0.05, 0.1) is 5.69 Å². The fraction of sp³-hybridized carbons (Fsp3) is 0.800. The van der Waals surface area contributed by atoms with E-state index in [1.54, 1.807) is 0 Å². The first-order valence-corrected chi connectivity index (χ1v) is 7.70. The van der Waals surface area contributed by atoms with E-state index in [1.807, 2.05) is 11.7 Å². The molecule has 1 atom stereocenters. The molecular formula is C15H28N4. The lowest BCUT2D eigenvalue weighted by molar-refractivity contribution is 0.296. The number of rotatable bonds is 6. The molecule has 1 heterocycles. The topological polar surface area (TPSA) is 55.9 Å². The molecule has 1 saturated carbocycles. The third-order valence-electron chi connectivity index (χ3n) is 4.42. The van der Waals surface area contributed by atoms with Crippen molar-refractivity contribution in [3.05, 3.63) is 17.5 Å². The molecule has 0 amide bonds. The summed E-state index contributed by atoms with van der Waals surface area (Å²) in [7, 11) is 2.03. The number of nitrogens with one attached hydrogen (secondary N) is 1. The van der Waals surface area contributed by atoms with E-state index in [1.165, 1.54) is 49.9 Å². The molecule has 108 valence electrons. The lowest BCUT2D eigenvalue weighted by Crippen LogP contribution is -2.39. The van der Waals surface area contributed by atoms with E-state index in [4.69, 9.17) is 5.84 Å². The van der Waals surface area contributed by atoms with Gasteiger partial charge in [-0.05, 0) is 24.8 Å². The van der Waals surface area contributed by atoms with Crippen molar-refractivity contribution in [2.45, 2.75) is 64.3 Å². The zero-order valence-electron chi connectivity index (χ0n) is 12.4. The van der Waals surface area contributed by atoms with Crippen molar-refractivity contribution in [3.63, 3.8) is 0 Å². The van der Waals surface area contributed by atoms with Gasteiger partial charge in [0.1, 0.15) is 0 Å². The van der Waals surface area contributed by atoms with Crippen LogP contribution in [0.1, 0.15) is 56.8 Å². The zero-order chi connectivity index (χ0) is 13.7. The number of hydrogen-bond donors (Lipinski definition) is 2. The van der Waals surface area contributed by atoms with E-state index in [0.29, 0.717) is 6.04 Å². The largest absolute Gasteiger partial charge is 0.272 e. The highest BCUT2D eigenvalue weighted by Gasteiger charge is 2.19. The molecule has 0 bridgehead atoms. The van der Waals surface area contributed by atoms with Crippen LogP contribution in [0.2, 0.25) is 0 Å².